The van der Waals surface area contributed by atoms with Crippen LogP contribution in [0.1, 0.15) is 5.69 Å². The lowest BCUT2D eigenvalue weighted by atomic mass is 10.3. The van der Waals surface area contributed by atoms with Gasteiger partial charge in [0.2, 0.25) is 0 Å². The molecule has 2 N–H and O–H groups in total. The number of benzene rings is 1. The third kappa shape index (κ3) is 3.00. The first-order chi connectivity index (χ1) is 9.13. The zero-order valence-corrected chi connectivity index (χ0v) is 11.7. The van der Waals surface area contributed by atoms with Crippen LogP contribution in [-0.4, -0.2) is 19.2 Å². The van der Waals surface area contributed by atoms with Gasteiger partial charge in [-0.2, -0.15) is 0 Å². The van der Waals surface area contributed by atoms with Crippen LogP contribution in [0.3, 0.4) is 0 Å². The summed E-state index contributed by atoms with van der Waals surface area (Å²) in [4.78, 5) is 4.09. The van der Waals surface area contributed by atoms with Gasteiger partial charge in [-0.25, -0.2) is 4.98 Å². The number of anilines is 1. The summed E-state index contributed by atoms with van der Waals surface area (Å²) in [5, 5.41) is 9.47. The second kappa shape index (κ2) is 5.66. The number of hydrogen-bond acceptors (Lipinski definition) is 7. The van der Waals surface area contributed by atoms with E-state index in [-0.39, 0.29) is 0 Å². The summed E-state index contributed by atoms with van der Waals surface area (Å²) in [6.07, 6.45) is 0. The van der Waals surface area contributed by atoms with Crippen molar-refractivity contribution in [2.45, 2.75) is 6.92 Å². The summed E-state index contributed by atoms with van der Waals surface area (Å²) in [6, 6.07) is 5.33. The highest BCUT2D eigenvalue weighted by atomic mass is 32.1. The van der Waals surface area contributed by atoms with Crippen molar-refractivity contribution in [2.75, 3.05) is 20.0 Å². The number of aromatic nitrogens is 1. The van der Waals surface area contributed by atoms with E-state index in [4.69, 9.17) is 15.2 Å². The standard InChI is InChI=1S/C12H14N4O2S/c1-7-11(19-12(13)14-7)16-15-9-6-8(17-2)4-5-10(9)18-3/h4-6H,1-3H3,(H2,13,14). The van der Waals surface area contributed by atoms with Gasteiger partial charge in [0.05, 0.1) is 19.9 Å². The van der Waals surface area contributed by atoms with E-state index in [1.165, 1.54) is 11.3 Å². The molecular weight excluding hydrogens is 264 g/mol. The van der Waals surface area contributed by atoms with Crippen molar-refractivity contribution < 1.29 is 9.47 Å². The fourth-order valence-electron chi connectivity index (χ4n) is 1.48. The van der Waals surface area contributed by atoms with Gasteiger partial charge in [-0.3, -0.25) is 0 Å². The van der Waals surface area contributed by atoms with Crippen LogP contribution in [0.4, 0.5) is 15.8 Å². The molecule has 6 nitrogen and oxygen atoms in total. The Morgan fingerprint density at radius 3 is 2.58 bits per heavy atom. The molecule has 1 aromatic heterocycles. The maximum atomic E-state index is 5.61. The number of rotatable bonds is 4. The van der Waals surface area contributed by atoms with Crippen LogP contribution in [0.15, 0.2) is 28.4 Å². The minimum Gasteiger partial charge on any atom is -0.497 e. The smallest absolute Gasteiger partial charge is 0.182 e. The summed E-state index contributed by atoms with van der Waals surface area (Å²) in [5.41, 5.74) is 6.96. The van der Waals surface area contributed by atoms with Gasteiger partial charge in [0.15, 0.2) is 10.1 Å². The molecule has 0 amide bonds. The SMILES string of the molecule is COc1ccc(OC)c(N=Nc2sc(N)nc2C)c1. The van der Waals surface area contributed by atoms with Crippen molar-refractivity contribution in [3.63, 3.8) is 0 Å². The highest BCUT2D eigenvalue weighted by molar-refractivity contribution is 7.19. The lowest BCUT2D eigenvalue weighted by molar-refractivity contribution is 0.404. The van der Waals surface area contributed by atoms with Gasteiger partial charge in [0.1, 0.15) is 17.2 Å². The predicted octanol–water partition coefficient (Wildman–Crippen LogP) is 3.47. The number of thiazole rings is 1. The number of methoxy groups -OCH3 is 2. The molecule has 0 bridgehead atoms. The predicted molar refractivity (Wildman–Crippen MR) is 75.0 cm³/mol. The highest BCUT2D eigenvalue weighted by Gasteiger charge is 2.06. The maximum absolute atomic E-state index is 5.61. The molecule has 7 heteroatoms. The van der Waals surface area contributed by atoms with Gasteiger partial charge in [-0.15, -0.1) is 10.2 Å². The lowest BCUT2D eigenvalue weighted by Crippen LogP contribution is -1.86. The van der Waals surface area contributed by atoms with Crippen LogP contribution in [0.2, 0.25) is 0 Å². The van der Waals surface area contributed by atoms with Crippen molar-refractivity contribution >= 4 is 27.2 Å². The number of nitrogens with zero attached hydrogens (tertiary/aromatic N) is 3. The molecule has 0 aliphatic carbocycles. The van der Waals surface area contributed by atoms with Gasteiger partial charge >= 0.3 is 0 Å². The molecule has 0 saturated heterocycles. The van der Waals surface area contributed by atoms with Crippen molar-refractivity contribution in [1.82, 2.24) is 4.98 Å². The number of nitrogen functional groups attached to an aromatic ring is 1. The van der Waals surface area contributed by atoms with E-state index >= 15 is 0 Å². The molecule has 100 valence electrons. The molecule has 0 spiro atoms. The van der Waals surface area contributed by atoms with E-state index < -0.39 is 0 Å². The Labute approximate surface area is 114 Å². The van der Waals surface area contributed by atoms with Gasteiger partial charge < -0.3 is 15.2 Å². The Balaban J connectivity index is 2.33. The summed E-state index contributed by atoms with van der Waals surface area (Å²) < 4.78 is 10.4. The Morgan fingerprint density at radius 2 is 2.00 bits per heavy atom. The van der Waals surface area contributed by atoms with E-state index in [0.29, 0.717) is 27.3 Å². The number of hydrogen-bond donors (Lipinski definition) is 1. The fourth-order valence-corrected chi connectivity index (χ4v) is 2.13. The molecule has 0 unspecified atom stereocenters. The molecule has 2 aromatic rings. The second-order valence-corrected chi connectivity index (χ2v) is 4.69. The van der Waals surface area contributed by atoms with E-state index in [1.54, 1.807) is 32.4 Å². The molecule has 1 aromatic carbocycles. The molecule has 1 heterocycles. The molecule has 0 aliphatic rings. The van der Waals surface area contributed by atoms with Gasteiger partial charge in [-0.1, -0.05) is 11.3 Å². The largest absolute Gasteiger partial charge is 0.497 e. The second-order valence-electron chi connectivity index (χ2n) is 3.68. The maximum Gasteiger partial charge on any atom is 0.182 e. The topological polar surface area (TPSA) is 82.1 Å². The third-order valence-electron chi connectivity index (χ3n) is 2.42. The Hall–Kier alpha value is -2.15. The molecule has 0 aliphatic heterocycles. The van der Waals surface area contributed by atoms with Crippen molar-refractivity contribution in [1.29, 1.82) is 0 Å². The molecule has 2 rings (SSSR count). The third-order valence-corrected chi connectivity index (χ3v) is 3.29. The average molecular weight is 278 g/mol. The van der Waals surface area contributed by atoms with E-state index in [1.807, 2.05) is 6.92 Å². The molecule has 19 heavy (non-hydrogen) atoms. The van der Waals surface area contributed by atoms with E-state index in [9.17, 15) is 0 Å². The Kier molecular flexibility index (Phi) is 3.96. The molecule has 0 radical (unpaired) electrons. The quantitative estimate of drug-likeness (QED) is 0.868. The van der Waals surface area contributed by atoms with Gasteiger partial charge in [0.25, 0.3) is 0 Å². The first-order valence-electron chi connectivity index (χ1n) is 5.50. The van der Waals surface area contributed by atoms with Crippen molar-refractivity contribution in [2.24, 2.45) is 10.2 Å². The molecule has 0 atom stereocenters. The van der Waals surface area contributed by atoms with Gasteiger partial charge in [0, 0.05) is 6.07 Å². The summed E-state index contributed by atoms with van der Waals surface area (Å²) in [6.45, 7) is 1.84. The monoisotopic (exact) mass is 278 g/mol. The Morgan fingerprint density at radius 1 is 1.21 bits per heavy atom. The average Bonchev–Trinajstić information content (AvgIpc) is 2.74. The lowest BCUT2D eigenvalue weighted by Gasteiger charge is -2.05. The van der Waals surface area contributed by atoms with Crippen LogP contribution >= 0.6 is 11.3 Å². The van der Waals surface area contributed by atoms with Gasteiger partial charge in [-0.05, 0) is 19.1 Å². The minimum absolute atomic E-state index is 0.476. The van der Waals surface area contributed by atoms with Crippen LogP contribution in [0.25, 0.3) is 0 Å². The number of azo groups is 1. The minimum atomic E-state index is 0.476. The zero-order chi connectivity index (χ0) is 13.8. The van der Waals surface area contributed by atoms with Crippen molar-refractivity contribution in [3.05, 3.63) is 23.9 Å². The molecular formula is C12H14N4O2S. The summed E-state index contributed by atoms with van der Waals surface area (Å²) in [5.74, 6) is 1.31. The Bertz CT molecular complexity index is 610. The molecule has 0 saturated carbocycles. The van der Waals surface area contributed by atoms with Crippen LogP contribution in [-0.2, 0) is 0 Å². The fraction of sp³-hybridized carbons (Fsp3) is 0.250. The summed E-state index contributed by atoms with van der Waals surface area (Å²) >= 11 is 1.29. The number of aryl methyl sites for hydroxylation is 1. The van der Waals surface area contributed by atoms with Crippen molar-refractivity contribution in [3.8, 4) is 11.5 Å². The first kappa shape index (κ1) is 13.3. The van der Waals surface area contributed by atoms with Crippen LogP contribution < -0.4 is 15.2 Å². The van der Waals surface area contributed by atoms with Crippen LogP contribution in [0.5, 0.6) is 11.5 Å². The van der Waals surface area contributed by atoms with E-state index in [2.05, 4.69) is 15.2 Å². The van der Waals surface area contributed by atoms with E-state index in [0.717, 1.165) is 5.69 Å². The highest BCUT2D eigenvalue weighted by Crippen LogP contribution is 2.35. The zero-order valence-electron chi connectivity index (χ0n) is 10.9. The number of ether oxygens (including phenoxy) is 2. The first-order valence-corrected chi connectivity index (χ1v) is 6.32. The summed E-state index contributed by atoms with van der Waals surface area (Å²) in [7, 11) is 3.17. The number of nitrogens with two attached hydrogens (primary N) is 1. The molecule has 0 fully saturated rings. The van der Waals surface area contributed by atoms with Crippen LogP contribution in [0, 0.1) is 6.92 Å². The normalized spacial score (nSPS) is 10.9.